The first-order valence-electron chi connectivity index (χ1n) is 10.3. The molecule has 2 aromatic rings. The zero-order valence-corrected chi connectivity index (χ0v) is 21.9. The van der Waals surface area contributed by atoms with E-state index in [0.717, 1.165) is 5.56 Å². The Morgan fingerprint density at radius 1 is 1.22 bits per heavy atom. The van der Waals surface area contributed by atoms with E-state index in [0.29, 0.717) is 31.3 Å². The number of carbonyl (C=O) groups is 1. The summed E-state index contributed by atoms with van der Waals surface area (Å²) in [7, 11) is 0. The van der Waals surface area contributed by atoms with Crippen molar-refractivity contribution in [3.8, 4) is 5.69 Å². The Labute approximate surface area is 206 Å². The molecule has 0 saturated carbocycles. The number of alkyl carbamates (subject to hydrolysis) is 1. The first-order chi connectivity index (χ1) is 14.5. The fourth-order valence-electron chi connectivity index (χ4n) is 2.70. The zero-order valence-electron chi connectivity index (χ0n) is 19.5. The second kappa shape index (κ2) is 12.0. The number of aromatic nitrogens is 2. The topological polar surface area (TPSA) is 92.6 Å². The molecular weight excluding hydrogens is 526 g/mol. The maximum atomic E-state index is 14.4. The second-order valence-corrected chi connectivity index (χ2v) is 8.82. The highest BCUT2D eigenvalue weighted by molar-refractivity contribution is 14.0. The third-order valence-electron chi connectivity index (χ3n) is 4.10. The molecule has 0 unspecified atom stereocenters. The maximum Gasteiger partial charge on any atom is 0.408 e. The van der Waals surface area contributed by atoms with Gasteiger partial charge in [-0.05, 0) is 59.2 Å². The molecule has 1 amide bonds. The van der Waals surface area contributed by atoms with Gasteiger partial charge in [0.05, 0.1) is 24.1 Å². The lowest BCUT2D eigenvalue weighted by atomic mass is 10.1. The van der Waals surface area contributed by atoms with Gasteiger partial charge in [0, 0.05) is 25.5 Å². The highest BCUT2D eigenvalue weighted by atomic mass is 127. The van der Waals surface area contributed by atoms with Crippen LogP contribution in [0.15, 0.2) is 41.9 Å². The molecule has 0 atom stereocenters. The number of imidazole rings is 1. The van der Waals surface area contributed by atoms with Gasteiger partial charge in [-0.2, -0.15) is 0 Å². The average Bonchev–Trinajstić information content (AvgIpc) is 3.16. The van der Waals surface area contributed by atoms with Gasteiger partial charge in [0.2, 0.25) is 0 Å². The third kappa shape index (κ3) is 9.41. The van der Waals surface area contributed by atoms with E-state index in [4.69, 9.17) is 4.74 Å². The molecule has 10 heteroatoms. The predicted octanol–water partition coefficient (Wildman–Crippen LogP) is 3.99. The monoisotopic (exact) mass is 560 g/mol. The van der Waals surface area contributed by atoms with Crippen molar-refractivity contribution in [3.05, 3.63) is 48.3 Å². The second-order valence-electron chi connectivity index (χ2n) is 8.82. The summed E-state index contributed by atoms with van der Waals surface area (Å²) >= 11 is 0. The van der Waals surface area contributed by atoms with Crippen molar-refractivity contribution < 1.29 is 13.9 Å². The summed E-state index contributed by atoms with van der Waals surface area (Å²) in [6.07, 6.45) is 4.37. The average molecular weight is 560 g/mol. The number of rotatable bonds is 7. The Kier molecular flexibility index (Phi) is 10.4. The van der Waals surface area contributed by atoms with Crippen LogP contribution in [0.25, 0.3) is 5.69 Å². The van der Waals surface area contributed by atoms with Crippen LogP contribution in [0.2, 0.25) is 0 Å². The van der Waals surface area contributed by atoms with Gasteiger partial charge in [-0.3, -0.25) is 0 Å². The Balaban J connectivity index is 0.00000512. The molecule has 0 bridgehead atoms. The third-order valence-corrected chi connectivity index (χ3v) is 4.10. The number of aliphatic imine (C=N–C) groups is 1. The van der Waals surface area contributed by atoms with E-state index in [1.807, 2.05) is 47.6 Å². The first-order valence-corrected chi connectivity index (χ1v) is 10.3. The van der Waals surface area contributed by atoms with Gasteiger partial charge < -0.3 is 25.3 Å². The Morgan fingerprint density at radius 2 is 1.94 bits per heavy atom. The van der Waals surface area contributed by atoms with Crippen molar-refractivity contribution in [2.75, 3.05) is 13.1 Å². The van der Waals surface area contributed by atoms with Crippen molar-refractivity contribution in [3.63, 3.8) is 0 Å². The van der Waals surface area contributed by atoms with Crippen molar-refractivity contribution in [2.24, 2.45) is 4.99 Å². The zero-order chi connectivity index (χ0) is 23.1. The van der Waals surface area contributed by atoms with Crippen LogP contribution in [0.1, 0.15) is 47.1 Å². The molecule has 1 aromatic heterocycles. The minimum Gasteiger partial charge on any atom is -0.444 e. The number of amides is 1. The van der Waals surface area contributed by atoms with Gasteiger partial charge in [0.1, 0.15) is 11.4 Å². The molecule has 178 valence electrons. The molecule has 3 N–H and O–H groups in total. The number of benzene rings is 1. The molecule has 1 aromatic carbocycles. The largest absolute Gasteiger partial charge is 0.444 e. The van der Waals surface area contributed by atoms with Gasteiger partial charge >= 0.3 is 6.09 Å². The lowest BCUT2D eigenvalue weighted by Crippen LogP contribution is -2.54. The SMILES string of the molecule is CCNC(=NCc1ccc(-n2ccnc2)c(F)c1)NCC(C)(C)NC(=O)OC(C)(C)C.I. The van der Waals surface area contributed by atoms with Crippen LogP contribution in [-0.2, 0) is 11.3 Å². The van der Waals surface area contributed by atoms with E-state index >= 15 is 0 Å². The first kappa shape index (κ1) is 27.7. The van der Waals surface area contributed by atoms with Gasteiger partial charge in [-0.1, -0.05) is 6.07 Å². The van der Waals surface area contributed by atoms with E-state index in [2.05, 4.69) is 25.9 Å². The van der Waals surface area contributed by atoms with Gasteiger partial charge in [0.25, 0.3) is 0 Å². The van der Waals surface area contributed by atoms with Crippen molar-refractivity contribution in [2.45, 2.75) is 59.2 Å². The number of hydrogen-bond donors (Lipinski definition) is 3. The van der Waals surface area contributed by atoms with Gasteiger partial charge in [-0.25, -0.2) is 19.2 Å². The number of hydrogen-bond acceptors (Lipinski definition) is 4. The molecule has 32 heavy (non-hydrogen) atoms. The van der Waals surface area contributed by atoms with Gasteiger partial charge in [0.15, 0.2) is 5.96 Å². The molecule has 0 radical (unpaired) electrons. The minimum absolute atomic E-state index is 0. The lowest BCUT2D eigenvalue weighted by molar-refractivity contribution is 0.0474. The smallest absolute Gasteiger partial charge is 0.408 e. The number of guanidine groups is 1. The van der Waals surface area contributed by atoms with Crippen LogP contribution >= 0.6 is 24.0 Å². The highest BCUT2D eigenvalue weighted by Gasteiger charge is 2.24. The van der Waals surface area contributed by atoms with E-state index in [-0.39, 0.29) is 29.8 Å². The number of nitrogens with one attached hydrogen (secondary N) is 3. The Bertz CT molecular complexity index is 894. The molecule has 0 aliphatic carbocycles. The quantitative estimate of drug-likeness (QED) is 0.271. The number of halogens is 2. The maximum absolute atomic E-state index is 14.4. The van der Waals surface area contributed by atoms with Crippen LogP contribution in [0.4, 0.5) is 9.18 Å². The molecule has 0 aliphatic heterocycles. The van der Waals surface area contributed by atoms with Crippen LogP contribution in [0.5, 0.6) is 0 Å². The number of carbonyl (C=O) groups excluding carboxylic acids is 1. The molecule has 0 saturated heterocycles. The summed E-state index contributed by atoms with van der Waals surface area (Å²) in [5, 5.41) is 9.21. The Hall–Kier alpha value is -2.37. The standard InChI is InChI=1S/C22H33FN6O2.HI/c1-7-25-19(27-14-22(5,6)28-20(30)31-21(2,3)4)26-13-16-8-9-18(17(23)12-16)29-11-10-24-15-29;/h8-12,15H,7,13-14H2,1-6H3,(H,28,30)(H2,25,26,27);1H. The van der Waals surface area contributed by atoms with E-state index in [1.54, 1.807) is 29.4 Å². The fourth-order valence-corrected chi connectivity index (χ4v) is 2.70. The lowest BCUT2D eigenvalue weighted by Gasteiger charge is -2.29. The van der Waals surface area contributed by atoms with Crippen LogP contribution in [-0.4, -0.2) is 45.8 Å². The van der Waals surface area contributed by atoms with E-state index < -0.39 is 17.2 Å². The molecule has 0 spiro atoms. The summed E-state index contributed by atoms with van der Waals surface area (Å²) < 4.78 is 21.4. The van der Waals surface area contributed by atoms with Crippen molar-refractivity contribution in [1.82, 2.24) is 25.5 Å². The number of nitrogens with zero attached hydrogens (tertiary/aromatic N) is 3. The summed E-state index contributed by atoms with van der Waals surface area (Å²) in [6, 6.07) is 5.01. The molecule has 2 rings (SSSR count). The summed E-state index contributed by atoms with van der Waals surface area (Å²) in [6.45, 7) is 12.6. The molecular formula is C22H34FIN6O2. The summed E-state index contributed by atoms with van der Waals surface area (Å²) in [5.41, 5.74) is 0.0407. The molecule has 0 fully saturated rings. The highest BCUT2D eigenvalue weighted by Crippen LogP contribution is 2.15. The summed E-state index contributed by atoms with van der Waals surface area (Å²) in [5.74, 6) is 0.229. The molecule has 0 aliphatic rings. The molecule has 8 nitrogen and oxygen atoms in total. The van der Waals surface area contributed by atoms with Crippen LogP contribution in [0, 0.1) is 5.82 Å². The van der Waals surface area contributed by atoms with Crippen molar-refractivity contribution in [1.29, 1.82) is 0 Å². The van der Waals surface area contributed by atoms with Gasteiger partial charge in [-0.15, -0.1) is 24.0 Å². The fraction of sp³-hybridized carbons (Fsp3) is 0.500. The van der Waals surface area contributed by atoms with Crippen molar-refractivity contribution >= 4 is 36.0 Å². The van der Waals surface area contributed by atoms with Crippen LogP contribution < -0.4 is 16.0 Å². The Morgan fingerprint density at radius 3 is 2.50 bits per heavy atom. The molecule has 1 heterocycles. The minimum atomic E-state index is -0.572. The summed E-state index contributed by atoms with van der Waals surface area (Å²) in [4.78, 5) is 20.5. The van der Waals surface area contributed by atoms with Crippen LogP contribution in [0.3, 0.4) is 0 Å². The predicted molar refractivity (Wildman–Crippen MR) is 135 cm³/mol. The van der Waals surface area contributed by atoms with E-state index in [9.17, 15) is 9.18 Å². The normalized spacial score (nSPS) is 12.0. The number of ether oxygens (including phenoxy) is 1. The van der Waals surface area contributed by atoms with E-state index in [1.165, 1.54) is 6.07 Å².